The van der Waals surface area contributed by atoms with Crippen LogP contribution in [0.15, 0.2) is 60.0 Å². The lowest BCUT2D eigenvalue weighted by molar-refractivity contribution is -0.116. The Balaban J connectivity index is 1.29. The van der Waals surface area contributed by atoms with Gasteiger partial charge >= 0.3 is 0 Å². The van der Waals surface area contributed by atoms with Gasteiger partial charge in [0.2, 0.25) is 5.91 Å². The summed E-state index contributed by atoms with van der Waals surface area (Å²) in [6.45, 7) is 2.01. The number of nitrogens with one attached hydrogen (secondary N) is 1. The Labute approximate surface area is 169 Å². The summed E-state index contributed by atoms with van der Waals surface area (Å²) in [4.78, 5) is 16.2. The lowest BCUT2D eigenvalue weighted by atomic mass is 10.1. The molecule has 0 spiro atoms. The number of rotatable bonds is 6. The molecular formula is C23H24N2O2S. The number of methoxy groups -OCH3 is 1. The second-order valence-electron chi connectivity index (χ2n) is 6.98. The summed E-state index contributed by atoms with van der Waals surface area (Å²) in [5, 5.41) is 5.18. The van der Waals surface area contributed by atoms with Crippen molar-refractivity contribution in [3.8, 4) is 5.75 Å². The van der Waals surface area contributed by atoms with E-state index in [-0.39, 0.29) is 5.91 Å². The van der Waals surface area contributed by atoms with E-state index < -0.39 is 0 Å². The van der Waals surface area contributed by atoms with Crippen LogP contribution >= 0.6 is 11.3 Å². The number of anilines is 2. The highest BCUT2D eigenvalue weighted by Crippen LogP contribution is 2.28. The Kier molecular flexibility index (Phi) is 5.63. The molecule has 0 unspecified atom stereocenters. The number of hydrogen-bond acceptors (Lipinski definition) is 4. The SMILES string of the molecule is COc1ccc(CCC(=O)Nc2ccc(N3CCc4sccc4C3)cc2)cc1. The van der Waals surface area contributed by atoms with Gasteiger partial charge in [-0.3, -0.25) is 4.79 Å². The van der Waals surface area contributed by atoms with Gasteiger partial charge in [0.05, 0.1) is 7.11 Å². The van der Waals surface area contributed by atoms with Gasteiger partial charge in [0.15, 0.2) is 0 Å². The fourth-order valence-corrected chi connectivity index (χ4v) is 4.39. The number of carbonyl (C=O) groups is 1. The third kappa shape index (κ3) is 4.37. The first-order valence-electron chi connectivity index (χ1n) is 9.54. The molecule has 1 aliphatic heterocycles. The van der Waals surface area contributed by atoms with E-state index in [0.717, 1.165) is 36.5 Å². The van der Waals surface area contributed by atoms with Crippen LogP contribution in [-0.2, 0) is 24.2 Å². The van der Waals surface area contributed by atoms with Crippen molar-refractivity contribution in [2.45, 2.75) is 25.8 Å². The Bertz CT molecular complexity index is 932. The molecule has 0 radical (unpaired) electrons. The van der Waals surface area contributed by atoms with Gasteiger partial charge in [-0.05, 0) is 71.8 Å². The van der Waals surface area contributed by atoms with Crippen LogP contribution in [0.2, 0.25) is 0 Å². The molecule has 0 saturated heterocycles. The molecule has 0 bridgehead atoms. The molecule has 0 saturated carbocycles. The van der Waals surface area contributed by atoms with E-state index in [1.807, 2.05) is 47.7 Å². The number of fused-ring (bicyclic) bond motifs is 1. The van der Waals surface area contributed by atoms with Gasteiger partial charge in [0, 0.05) is 35.8 Å². The predicted molar refractivity (Wildman–Crippen MR) is 115 cm³/mol. The zero-order valence-electron chi connectivity index (χ0n) is 16.0. The van der Waals surface area contributed by atoms with E-state index in [1.54, 1.807) is 7.11 Å². The van der Waals surface area contributed by atoms with E-state index in [1.165, 1.54) is 16.1 Å². The van der Waals surface area contributed by atoms with Crippen molar-refractivity contribution in [1.29, 1.82) is 0 Å². The molecule has 2 heterocycles. The Morgan fingerprint density at radius 1 is 1.11 bits per heavy atom. The summed E-state index contributed by atoms with van der Waals surface area (Å²) < 4.78 is 5.16. The van der Waals surface area contributed by atoms with Crippen molar-refractivity contribution in [2.75, 3.05) is 23.9 Å². The molecular weight excluding hydrogens is 368 g/mol. The molecule has 5 heteroatoms. The van der Waals surface area contributed by atoms with Gasteiger partial charge < -0.3 is 15.0 Å². The van der Waals surface area contributed by atoms with Gasteiger partial charge in [-0.15, -0.1) is 11.3 Å². The molecule has 1 amide bonds. The quantitative estimate of drug-likeness (QED) is 0.649. The van der Waals surface area contributed by atoms with E-state index >= 15 is 0 Å². The molecule has 2 aromatic carbocycles. The lowest BCUT2D eigenvalue weighted by Crippen LogP contribution is -2.29. The van der Waals surface area contributed by atoms with Crippen LogP contribution < -0.4 is 15.0 Å². The highest BCUT2D eigenvalue weighted by Gasteiger charge is 2.17. The van der Waals surface area contributed by atoms with Crippen molar-refractivity contribution in [3.05, 3.63) is 76.0 Å². The number of thiophene rings is 1. The lowest BCUT2D eigenvalue weighted by Gasteiger charge is -2.29. The summed E-state index contributed by atoms with van der Waals surface area (Å²) >= 11 is 1.86. The molecule has 144 valence electrons. The molecule has 1 aromatic heterocycles. The number of amides is 1. The third-order valence-electron chi connectivity index (χ3n) is 5.12. The number of nitrogens with zero attached hydrogens (tertiary/aromatic N) is 1. The monoisotopic (exact) mass is 392 g/mol. The van der Waals surface area contributed by atoms with Crippen LogP contribution in [0.5, 0.6) is 5.75 Å². The largest absolute Gasteiger partial charge is 0.497 e. The fourth-order valence-electron chi connectivity index (χ4n) is 3.50. The highest BCUT2D eigenvalue weighted by molar-refractivity contribution is 7.10. The molecule has 28 heavy (non-hydrogen) atoms. The summed E-state index contributed by atoms with van der Waals surface area (Å²) in [5.41, 5.74) is 4.61. The van der Waals surface area contributed by atoms with E-state index in [0.29, 0.717) is 12.8 Å². The summed E-state index contributed by atoms with van der Waals surface area (Å²) in [7, 11) is 1.65. The molecule has 0 atom stereocenters. The van der Waals surface area contributed by atoms with E-state index in [2.05, 4.69) is 33.8 Å². The number of benzene rings is 2. The predicted octanol–water partition coefficient (Wildman–Crippen LogP) is 4.89. The highest BCUT2D eigenvalue weighted by atomic mass is 32.1. The van der Waals surface area contributed by atoms with Crippen molar-refractivity contribution in [3.63, 3.8) is 0 Å². The minimum absolute atomic E-state index is 0.0319. The minimum atomic E-state index is 0.0319. The molecule has 0 fully saturated rings. The number of aryl methyl sites for hydroxylation is 1. The summed E-state index contributed by atoms with van der Waals surface area (Å²) in [6, 6.07) is 18.2. The number of ether oxygens (including phenoxy) is 1. The summed E-state index contributed by atoms with van der Waals surface area (Å²) in [6.07, 6.45) is 2.28. The van der Waals surface area contributed by atoms with Gasteiger partial charge in [0.1, 0.15) is 5.75 Å². The molecule has 1 aliphatic rings. The van der Waals surface area contributed by atoms with Crippen molar-refractivity contribution in [2.24, 2.45) is 0 Å². The maximum atomic E-state index is 12.3. The average molecular weight is 393 g/mol. The van der Waals surface area contributed by atoms with Crippen molar-refractivity contribution in [1.82, 2.24) is 0 Å². The molecule has 0 aliphatic carbocycles. The van der Waals surface area contributed by atoms with Crippen LogP contribution in [0.1, 0.15) is 22.4 Å². The molecule has 4 nitrogen and oxygen atoms in total. The molecule has 1 N–H and O–H groups in total. The first kappa shape index (κ1) is 18.6. The standard InChI is InChI=1S/C23H24N2O2S/c1-27-21-9-2-17(3-10-21)4-11-23(26)24-19-5-7-20(8-6-19)25-14-12-22-18(16-25)13-15-28-22/h2-3,5-10,13,15H,4,11-12,14,16H2,1H3,(H,24,26). The summed E-state index contributed by atoms with van der Waals surface area (Å²) in [5.74, 6) is 0.863. The van der Waals surface area contributed by atoms with Gasteiger partial charge in [-0.25, -0.2) is 0 Å². The molecule has 4 rings (SSSR count). The zero-order chi connectivity index (χ0) is 19.3. The normalized spacial score (nSPS) is 13.1. The maximum Gasteiger partial charge on any atom is 0.224 e. The number of carbonyl (C=O) groups excluding carboxylic acids is 1. The van der Waals surface area contributed by atoms with Gasteiger partial charge in [-0.1, -0.05) is 12.1 Å². The van der Waals surface area contributed by atoms with Gasteiger partial charge in [0.25, 0.3) is 0 Å². The first-order chi connectivity index (χ1) is 13.7. The molecule has 3 aromatic rings. The van der Waals surface area contributed by atoms with Crippen LogP contribution in [0.25, 0.3) is 0 Å². The fraction of sp³-hybridized carbons (Fsp3) is 0.261. The topological polar surface area (TPSA) is 41.6 Å². The Morgan fingerprint density at radius 3 is 2.64 bits per heavy atom. The van der Waals surface area contributed by atoms with E-state index in [4.69, 9.17) is 4.74 Å². The van der Waals surface area contributed by atoms with Crippen molar-refractivity contribution >= 4 is 28.6 Å². The maximum absolute atomic E-state index is 12.3. The Hall–Kier alpha value is -2.79. The van der Waals surface area contributed by atoms with Crippen LogP contribution in [0.4, 0.5) is 11.4 Å². The van der Waals surface area contributed by atoms with Crippen LogP contribution in [0.3, 0.4) is 0 Å². The van der Waals surface area contributed by atoms with Crippen LogP contribution in [-0.4, -0.2) is 19.6 Å². The first-order valence-corrected chi connectivity index (χ1v) is 10.4. The second-order valence-corrected chi connectivity index (χ2v) is 7.98. The van der Waals surface area contributed by atoms with E-state index in [9.17, 15) is 4.79 Å². The third-order valence-corrected chi connectivity index (χ3v) is 6.15. The average Bonchev–Trinajstić information content (AvgIpc) is 3.21. The minimum Gasteiger partial charge on any atom is -0.497 e. The van der Waals surface area contributed by atoms with Crippen molar-refractivity contribution < 1.29 is 9.53 Å². The zero-order valence-corrected chi connectivity index (χ0v) is 16.8. The Morgan fingerprint density at radius 2 is 1.89 bits per heavy atom. The second kappa shape index (κ2) is 8.48. The van der Waals surface area contributed by atoms with Crippen LogP contribution in [0, 0.1) is 0 Å². The number of hydrogen-bond donors (Lipinski definition) is 1. The smallest absolute Gasteiger partial charge is 0.224 e. The van der Waals surface area contributed by atoms with Gasteiger partial charge in [-0.2, -0.15) is 0 Å².